The lowest BCUT2D eigenvalue weighted by molar-refractivity contribution is -0.137. The summed E-state index contributed by atoms with van der Waals surface area (Å²) in [5.74, 6) is 0. The zero-order valence-electron chi connectivity index (χ0n) is 11.4. The second kappa shape index (κ2) is 5.97. The smallest absolute Gasteiger partial charge is 0.264 e. The molecule has 0 aliphatic rings. The molecule has 2 aromatic rings. The molecule has 0 aliphatic heterocycles. The molecule has 0 fully saturated rings. The summed E-state index contributed by atoms with van der Waals surface area (Å²) < 4.78 is 39.0. The Kier molecular flexibility index (Phi) is 4.46. The van der Waals surface area contributed by atoms with E-state index in [1.165, 1.54) is 6.07 Å². The topological polar surface area (TPSA) is 25.2 Å². The second-order valence-corrected chi connectivity index (χ2v) is 5.41. The number of aliphatic imine (C=N–C) groups is 1. The van der Waals surface area contributed by atoms with Crippen molar-refractivity contribution in [3.8, 4) is 0 Å². The van der Waals surface area contributed by atoms with Crippen molar-refractivity contribution in [2.24, 2.45) is 4.99 Å². The summed E-state index contributed by atoms with van der Waals surface area (Å²) in [5.41, 5.74) is 1.71. The van der Waals surface area contributed by atoms with Crippen LogP contribution in [0.2, 0.25) is 0 Å². The van der Waals surface area contributed by atoms with Gasteiger partial charge in [0.05, 0.1) is 11.3 Å². The van der Waals surface area contributed by atoms with Crippen LogP contribution in [0.25, 0.3) is 0 Å². The molecule has 2 rings (SSSR count). The maximum Gasteiger partial charge on any atom is 0.416 e. The lowest BCUT2D eigenvalue weighted by Crippen LogP contribution is -2.04. The number of hydrogen-bond donors (Lipinski definition) is 0. The first-order valence-electron chi connectivity index (χ1n) is 6.12. The molecular formula is C15H12BrF3N2. The number of halogens is 4. The Hall–Kier alpha value is -1.69. The van der Waals surface area contributed by atoms with Crippen molar-refractivity contribution >= 4 is 27.3 Å². The number of nitrogens with zero attached hydrogens (tertiary/aromatic N) is 2. The van der Waals surface area contributed by atoms with Gasteiger partial charge in [0.2, 0.25) is 0 Å². The van der Waals surface area contributed by atoms with Gasteiger partial charge < -0.3 is 0 Å². The number of alkyl halides is 3. The molecule has 0 saturated heterocycles. The Morgan fingerprint density at radius 2 is 1.95 bits per heavy atom. The van der Waals surface area contributed by atoms with Crippen LogP contribution in [0.1, 0.15) is 23.6 Å². The van der Waals surface area contributed by atoms with Crippen LogP contribution in [0.15, 0.2) is 46.1 Å². The molecule has 1 aromatic heterocycles. The summed E-state index contributed by atoms with van der Waals surface area (Å²) in [6.45, 7) is 3.48. The quantitative estimate of drug-likeness (QED) is 0.669. The van der Waals surface area contributed by atoms with Gasteiger partial charge in [-0.2, -0.15) is 13.2 Å². The number of benzene rings is 1. The molecule has 21 heavy (non-hydrogen) atoms. The summed E-state index contributed by atoms with van der Waals surface area (Å²) in [6, 6.07) is 5.31. The van der Waals surface area contributed by atoms with Crippen molar-refractivity contribution in [2.75, 3.05) is 0 Å². The highest BCUT2D eigenvalue weighted by Crippen LogP contribution is 2.33. The molecule has 0 amide bonds. The van der Waals surface area contributed by atoms with Crippen LogP contribution in [0.4, 0.5) is 18.9 Å². The van der Waals surface area contributed by atoms with Gasteiger partial charge in [-0.25, -0.2) is 0 Å². The van der Waals surface area contributed by atoms with Crippen molar-refractivity contribution in [1.29, 1.82) is 0 Å². The minimum Gasteiger partial charge on any atom is -0.264 e. The molecule has 0 aliphatic carbocycles. The zero-order valence-corrected chi connectivity index (χ0v) is 13.0. The van der Waals surface area contributed by atoms with Gasteiger partial charge in [-0.1, -0.05) is 6.07 Å². The predicted octanol–water partition coefficient (Wildman–Crippen LogP) is 5.31. The standard InChI is InChI=1S/C15H12BrF3N2/c1-9-3-4-11(15(17,18)19)7-14(9)21-10(2)12-5-6-20-8-13(12)16/h3-8H,1-2H3. The molecule has 2 nitrogen and oxygen atoms in total. The van der Waals surface area contributed by atoms with E-state index in [0.29, 0.717) is 17.0 Å². The summed E-state index contributed by atoms with van der Waals surface area (Å²) in [7, 11) is 0. The van der Waals surface area contributed by atoms with Gasteiger partial charge in [0, 0.05) is 28.1 Å². The maximum atomic E-state index is 12.8. The maximum absolute atomic E-state index is 12.8. The fourth-order valence-electron chi connectivity index (χ4n) is 1.82. The van der Waals surface area contributed by atoms with E-state index in [1.54, 1.807) is 32.3 Å². The van der Waals surface area contributed by atoms with Crippen LogP contribution in [0, 0.1) is 6.92 Å². The highest BCUT2D eigenvalue weighted by Gasteiger charge is 2.30. The van der Waals surface area contributed by atoms with Crippen LogP contribution < -0.4 is 0 Å². The first-order valence-corrected chi connectivity index (χ1v) is 6.91. The number of aromatic nitrogens is 1. The van der Waals surface area contributed by atoms with Gasteiger partial charge in [0.25, 0.3) is 0 Å². The van der Waals surface area contributed by atoms with E-state index in [2.05, 4.69) is 25.9 Å². The van der Waals surface area contributed by atoms with E-state index in [1.807, 2.05) is 0 Å². The van der Waals surface area contributed by atoms with Crippen LogP contribution in [-0.2, 0) is 6.18 Å². The molecule has 110 valence electrons. The first kappa shape index (κ1) is 15.7. The van der Waals surface area contributed by atoms with Gasteiger partial charge in [0.1, 0.15) is 0 Å². The van der Waals surface area contributed by atoms with E-state index < -0.39 is 11.7 Å². The average molecular weight is 357 g/mol. The summed E-state index contributed by atoms with van der Waals surface area (Å²) >= 11 is 3.35. The third kappa shape index (κ3) is 3.69. The fourth-order valence-corrected chi connectivity index (χ4v) is 2.35. The average Bonchev–Trinajstić information content (AvgIpc) is 2.40. The number of aryl methyl sites for hydroxylation is 1. The second-order valence-electron chi connectivity index (χ2n) is 4.55. The molecule has 0 unspecified atom stereocenters. The Morgan fingerprint density at radius 3 is 2.57 bits per heavy atom. The normalized spacial score (nSPS) is 12.6. The molecule has 0 bridgehead atoms. The van der Waals surface area contributed by atoms with Gasteiger partial charge in [-0.05, 0) is 53.5 Å². The van der Waals surface area contributed by atoms with Gasteiger partial charge in [-0.15, -0.1) is 0 Å². The highest BCUT2D eigenvalue weighted by molar-refractivity contribution is 9.10. The summed E-state index contributed by atoms with van der Waals surface area (Å²) in [4.78, 5) is 8.27. The van der Waals surface area contributed by atoms with Crippen molar-refractivity contribution < 1.29 is 13.2 Å². The lowest BCUT2D eigenvalue weighted by Gasteiger charge is -2.10. The largest absolute Gasteiger partial charge is 0.416 e. The van der Waals surface area contributed by atoms with E-state index in [9.17, 15) is 13.2 Å². The minimum atomic E-state index is -4.37. The number of hydrogen-bond acceptors (Lipinski definition) is 2. The van der Waals surface area contributed by atoms with Crippen LogP contribution >= 0.6 is 15.9 Å². The van der Waals surface area contributed by atoms with E-state index in [-0.39, 0.29) is 0 Å². The van der Waals surface area contributed by atoms with Gasteiger partial charge in [0.15, 0.2) is 0 Å². The van der Waals surface area contributed by atoms with E-state index in [4.69, 9.17) is 0 Å². The van der Waals surface area contributed by atoms with E-state index in [0.717, 1.165) is 22.2 Å². The molecule has 0 N–H and O–H groups in total. The molecule has 0 spiro atoms. The van der Waals surface area contributed by atoms with Crippen LogP contribution in [0.5, 0.6) is 0 Å². The fraction of sp³-hybridized carbons (Fsp3) is 0.200. The first-order chi connectivity index (χ1) is 9.79. The lowest BCUT2D eigenvalue weighted by atomic mass is 10.1. The van der Waals surface area contributed by atoms with E-state index >= 15 is 0 Å². The zero-order chi connectivity index (χ0) is 15.6. The molecule has 1 heterocycles. The molecule has 0 atom stereocenters. The van der Waals surface area contributed by atoms with Crippen molar-refractivity contribution in [2.45, 2.75) is 20.0 Å². The third-order valence-corrected chi connectivity index (χ3v) is 3.62. The molecule has 0 radical (unpaired) electrons. The number of rotatable bonds is 2. The minimum absolute atomic E-state index is 0.311. The van der Waals surface area contributed by atoms with Gasteiger partial charge in [-0.3, -0.25) is 9.98 Å². The Bertz CT molecular complexity index is 694. The predicted molar refractivity (Wildman–Crippen MR) is 80.0 cm³/mol. The van der Waals surface area contributed by atoms with Gasteiger partial charge >= 0.3 is 6.18 Å². The van der Waals surface area contributed by atoms with Crippen molar-refractivity contribution in [1.82, 2.24) is 4.98 Å². The highest BCUT2D eigenvalue weighted by atomic mass is 79.9. The monoisotopic (exact) mass is 356 g/mol. The molecule has 0 saturated carbocycles. The Morgan fingerprint density at radius 1 is 1.24 bits per heavy atom. The van der Waals surface area contributed by atoms with Crippen LogP contribution in [0.3, 0.4) is 0 Å². The molecule has 1 aromatic carbocycles. The Labute approximate surface area is 128 Å². The third-order valence-electron chi connectivity index (χ3n) is 2.99. The number of pyridine rings is 1. The summed E-state index contributed by atoms with van der Waals surface area (Å²) in [5, 5.41) is 0. The van der Waals surface area contributed by atoms with Crippen molar-refractivity contribution in [3.05, 3.63) is 57.8 Å². The molecular weight excluding hydrogens is 345 g/mol. The Balaban J connectivity index is 2.47. The van der Waals surface area contributed by atoms with Crippen LogP contribution in [-0.4, -0.2) is 10.7 Å². The summed E-state index contributed by atoms with van der Waals surface area (Å²) in [6.07, 6.45) is -1.14. The van der Waals surface area contributed by atoms with Crippen molar-refractivity contribution in [3.63, 3.8) is 0 Å². The SMILES string of the molecule is CC(=Nc1cc(C(F)(F)F)ccc1C)c1ccncc1Br. The molecule has 6 heteroatoms.